The molecule has 0 aromatic carbocycles. The van der Waals surface area contributed by atoms with Gasteiger partial charge in [0.15, 0.2) is 0 Å². The average Bonchev–Trinajstić information content (AvgIpc) is 2.82. The first-order valence-electron chi connectivity index (χ1n) is 8.81. The van der Waals surface area contributed by atoms with Gasteiger partial charge in [0.1, 0.15) is 0 Å². The standard InChI is InChI=1S/C18H37N/c1-5-7-9-11-14-18(3,13-10-8-6-2)17-12-15-19(4)16-17/h17H,5-16H2,1-4H3. The predicted octanol–water partition coefficient (Wildman–Crippen LogP) is 5.50. The number of likely N-dealkylation sites (tertiary alicyclic amines) is 1. The summed E-state index contributed by atoms with van der Waals surface area (Å²) in [6.07, 6.45) is 14.3. The van der Waals surface area contributed by atoms with Crippen LogP contribution in [0, 0.1) is 11.3 Å². The van der Waals surface area contributed by atoms with Crippen molar-refractivity contribution in [1.29, 1.82) is 0 Å². The molecule has 0 aromatic rings. The Labute approximate surface area is 122 Å². The second-order valence-electron chi connectivity index (χ2n) is 7.17. The number of hydrogen-bond acceptors (Lipinski definition) is 1. The van der Waals surface area contributed by atoms with Gasteiger partial charge in [-0.1, -0.05) is 65.7 Å². The van der Waals surface area contributed by atoms with Gasteiger partial charge in [-0.15, -0.1) is 0 Å². The van der Waals surface area contributed by atoms with Crippen molar-refractivity contribution >= 4 is 0 Å². The van der Waals surface area contributed by atoms with Crippen LogP contribution in [0.4, 0.5) is 0 Å². The van der Waals surface area contributed by atoms with E-state index < -0.39 is 0 Å². The second kappa shape index (κ2) is 9.00. The molecule has 19 heavy (non-hydrogen) atoms. The first-order valence-corrected chi connectivity index (χ1v) is 8.81. The molecule has 114 valence electrons. The molecule has 2 atom stereocenters. The molecular weight excluding hydrogens is 230 g/mol. The van der Waals surface area contributed by atoms with Gasteiger partial charge < -0.3 is 4.90 Å². The van der Waals surface area contributed by atoms with E-state index in [0.29, 0.717) is 5.41 Å². The number of nitrogens with zero attached hydrogens (tertiary/aromatic N) is 1. The molecule has 0 amide bonds. The second-order valence-corrected chi connectivity index (χ2v) is 7.17. The van der Waals surface area contributed by atoms with Crippen molar-refractivity contribution in [1.82, 2.24) is 4.90 Å². The van der Waals surface area contributed by atoms with Crippen LogP contribution in [-0.2, 0) is 0 Å². The normalized spacial score (nSPS) is 23.7. The van der Waals surface area contributed by atoms with Crippen molar-refractivity contribution in [2.45, 2.75) is 85.0 Å². The fourth-order valence-electron chi connectivity index (χ4n) is 3.77. The van der Waals surface area contributed by atoms with Crippen molar-refractivity contribution in [2.75, 3.05) is 20.1 Å². The van der Waals surface area contributed by atoms with Crippen LogP contribution < -0.4 is 0 Å². The maximum Gasteiger partial charge on any atom is 0.00123 e. The summed E-state index contributed by atoms with van der Waals surface area (Å²) in [4.78, 5) is 2.54. The monoisotopic (exact) mass is 267 g/mol. The third kappa shape index (κ3) is 5.85. The van der Waals surface area contributed by atoms with Gasteiger partial charge in [-0.2, -0.15) is 0 Å². The lowest BCUT2D eigenvalue weighted by Crippen LogP contribution is -2.30. The topological polar surface area (TPSA) is 3.24 Å². The van der Waals surface area contributed by atoms with Gasteiger partial charge >= 0.3 is 0 Å². The van der Waals surface area contributed by atoms with Crippen molar-refractivity contribution in [3.63, 3.8) is 0 Å². The minimum atomic E-state index is 0.619. The molecule has 1 heteroatoms. The molecule has 1 rings (SSSR count). The molecule has 0 radical (unpaired) electrons. The van der Waals surface area contributed by atoms with Crippen molar-refractivity contribution in [3.8, 4) is 0 Å². The summed E-state index contributed by atoms with van der Waals surface area (Å²) in [6, 6.07) is 0. The Morgan fingerprint density at radius 2 is 1.53 bits per heavy atom. The van der Waals surface area contributed by atoms with Crippen LogP contribution in [0.2, 0.25) is 0 Å². The van der Waals surface area contributed by atoms with Crippen LogP contribution in [0.5, 0.6) is 0 Å². The summed E-state index contributed by atoms with van der Waals surface area (Å²) >= 11 is 0. The van der Waals surface area contributed by atoms with Gasteiger partial charge in [-0.05, 0) is 44.2 Å². The largest absolute Gasteiger partial charge is 0.306 e. The third-order valence-electron chi connectivity index (χ3n) is 5.33. The molecule has 0 aliphatic carbocycles. The van der Waals surface area contributed by atoms with E-state index in [0.717, 1.165) is 5.92 Å². The van der Waals surface area contributed by atoms with E-state index in [1.165, 1.54) is 77.3 Å². The highest BCUT2D eigenvalue weighted by Gasteiger charge is 2.36. The summed E-state index contributed by atoms with van der Waals surface area (Å²) in [7, 11) is 2.30. The Morgan fingerprint density at radius 1 is 0.947 bits per heavy atom. The first kappa shape index (κ1) is 17.0. The van der Waals surface area contributed by atoms with Crippen LogP contribution in [0.15, 0.2) is 0 Å². The van der Waals surface area contributed by atoms with E-state index in [-0.39, 0.29) is 0 Å². The van der Waals surface area contributed by atoms with Crippen LogP contribution in [0.3, 0.4) is 0 Å². The maximum absolute atomic E-state index is 2.60. The molecular formula is C18H37N. The Kier molecular flexibility index (Phi) is 8.06. The summed E-state index contributed by atoms with van der Waals surface area (Å²) < 4.78 is 0. The van der Waals surface area contributed by atoms with Crippen LogP contribution >= 0.6 is 0 Å². The highest BCUT2D eigenvalue weighted by atomic mass is 15.1. The molecule has 1 heterocycles. The third-order valence-corrected chi connectivity index (χ3v) is 5.33. The number of unbranched alkanes of at least 4 members (excludes halogenated alkanes) is 5. The molecule has 1 saturated heterocycles. The Balaban J connectivity index is 2.45. The van der Waals surface area contributed by atoms with Crippen molar-refractivity contribution in [3.05, 3.63) is 0 Å². The molecule has 2 unspecified atom stereocenters. The first-order chi connectivity index (χ1) is 9.12. The summed E-state index contributed by atoms with van der Waals surface area (Å²) in [6.45, 7) is 9.89. The van der Waals surface area contributed by atoms with E-state index in [1.807, 2.05) is 0 Å². The minimum Gasteiger partial charge on any atom is -0.306 e. The van der Waals surface area contributed by atoms with Gasteiger partial charge in [0, 0.05) is 6.54 Å². The molecule has 1 aliphatic heterocycles. The van der Waals surface area contributed by atoms with E-state index in [4.69, 9.17) is 0 Å². The van der Waals surface area contributed by atoms with Crippen LogP contribution in [-0.4, -0.2) is 25.0 Å². The Hall–Kier alpha value is -0.0400. The molecule has 1 fully saturated rings. The zero-order valence-corrected chi connectivity index (χ0v) is 14.0. The van der Waals surface area contributed by atoms with Crippen molar-refractivity contribution in [2.24, 2.45) is 11.3 Å². The quantitative estimate of drug-likeness (QED) is 0.473. The lowest BCUT2D eigenvalue weighted by atomic mass is 9.69. The van der Waals surface area contributed by atoms with E-state index >= 15 is 0 Å². The zero-order valence-electron chi connectivity index (χ0n) is 14.0. The maximum atomic E-state index is 2.60. The van der Waals surface area contributed by atoms with E-state index in [9.17, 15) is 0 Å². The fraction of sp³-hybridized carbons (Fsp3) is 1.00. The number of hydrogen-bond donors (Lipinski definition) is 0. The van der Waals surface area contributed by atoms with Crippen molar-refractivity contribution < 1.29 is 0 Å². The molecule has 1 aliphatic rings. The van der Waals surface area contributed by atoms with Crippen LogP contribution in [0.25, 0.3) is 0 Å². The summed E-state index contributed by atoms with van der Waals surface area (Å²) in [5.74, 6) is 0.955. The van der Waals surface area contributed by atoms with E-state index in [1.54, 1.807) is 0 Å². The SMILES string of the molecule is CCCCCCC(C)(CCCCC)C1CCN(C)C1. The zero-order chi connectivity index (χ0) is 14.1. The van der Waals surface area contributed by atoms with Gasteiger partial charge in [0.2, 0.25) is 0 Å². The minimum absolute atomic E-state index is 0.619. The molecule has 0 spiro atoms. The smallest absolute Gasteiger partial charge is 0.00123 e. The highest BCUT2D eigenvalue weighted by molar-refractivity contribution is 4.88. The van der Waals surface area contributed by atoms with Crippen LogP contribution in [0.1, 0.15) is 85.0 Å². The number of rotatable bonds is 10. The molecule has 0 N–H and O–H groups in total. The molecule has 0 saturated carbocycles. The van der Waals surface area contributed by atoms with Gasteiger partial charge in [0.25, 0.3) is 0 Å². The lowest BCUT2D eigenvalue weighted by Gasteiger charge is -2.36. The predicted molar refractivity (Wildman–Crippen MR) is 86.6 cm³/mol. The summed E-state index contributed by atoms with van der Waals surface area (Å²) in [5.41, 5.74) is 0.619. The van der Waals surface area contributed by atoms with Gasteiger partial charge in [-0.3, -0.25) is 0 Å². The Bertz CT molecular complexity index is 226. The molecule has 0 aromatic heterocycles. The summed E-state index contributed by atoms with van der Waals surface area (Å²) in [5, 5.41) is 0. The average molecular weight is 268 g/mol. The Morgan fingerprint density at radius 3 is 2.05 bits per heavy atom. The fourth-order valence-corrected chi connectivity index (χ4v) is 3.77. The van der Waals surface area contributed by atoms with E-state index in [2.05, 4.69) is 32.7 Å². The van der Waals surface area contributed by atoms with Gasteiger partial charge in [0.05, 0.1) is 0 Å². The molecule has 0 bridgehead atoms. The molecule has 1 nitrogen and oxygen atoms in total. The lowest BCUT2D eigenvalue weighted by molar-refractivity contribution is 0.146. The van der Waals surface area contributed by atoms with Gasteiger partial charge in [-0.25, -0.2) is 0 Å². The highest BCUT2D eigenvalue weighted by Crippen LogP contribution is 2.42.